The van der Waals surface area contributed by atoms with E-state index in [-0.39, 0.29) is 46.8 Å². The molecular weight excluding hydrogens is 500 g/mol. The van der Waals surface area contributed by atoms with Crippen LogP contribution in [0.25, 0.3) is 12.2 Å². The van der Waals surface area contributed by atoms with E-state index in [0.29, 0.717) is 12.8 Å². The molecule has 0 bridgehead atoms. The van der Waals surface area contributed by atoms with Crippen molar-refractivity contribution in [2.45, 2.75) is 44.9 Å². The molecule has 1 saturated heterocycles. The van der Waals surface area contributed by atoms with Crippen molar-refractivity contribution in [1.82, 2.24) is 9.46 Å². The Hall–Kier alpha value is -3.37. The number of rotatable bonds is 7. The summed E-state index contributed by atoms with van der Waals surface area (Å²) in [6.07, 6.45) is 4.14. The summed E-state index contributed by atoms with van der Waals surface area (Å²) in [7, 11) is -3.99. The maximum atomic E-state index is 14.0. The van der Waals surface area contributed by atoms with E-state index in [9.17, 15) is 22.0 Å². The molecule has 7 nitrogen and oxygen atoms in total. The Labute approximate surface area is 215 Å². The number of benzene rings is 2. The van der Waals surface area contributed by atoms with Crippen LogP contribution in [0.15, 0.2) is 45.8 Å². The molecule has 37 heavy (non-hydrogen) atoms. The second kappa shape index (κ2) is 10.9. The van der Waals surface area contributed by atoms with Crippen LogP contribution >= 0.6 is 0 Å². The highest BCUT2D eigenvalue weighted by Gasteiger charge is 2.36. The van der Waals surface area contributed by atoms with Gasteiger partial charge in [-0.2, -0.15) is 4.31 Å². The summed E-state index contributed by atoms with van der Waals surface area (Å²) < 4.78 is 60.7. The summed E-state index contributed by atoms with van der Waals surface area (Å²) in [5.74, 6) is -1.98. The van der Waals surface area contributed by atoms with Gasteiger partial charge >= 0.3 is 0 Å². The number of aryl methyl sites for hydroxylation is 3. The predicted molar refractivity (Wildman–Crippen MR) is 137 cm³/mol. The van der Waals surface area contributed by atoms with Crippen LogP contribution in [0.4, 0.5) is 14.5 Å². The molecule has 10 heteroatoms. The first kappa shape index (κ1) is 26.7. The number of hydrogen-bond donors (Lipinski definition) is 1. The minimum absolute atomic E-state index is 0.0484. The molecule has 2 heterocycles. The van der Waals surface area contributed by atoms with E-state index < -0.39 is 21.7 Å². The Kier molecular flexibility index (Phi) is 7.89. The van der Waals surface area contributed by atoms with Crippen LogP contribution in [0.3, 0.4) is 0 Å². The third-order valence-corrected chi connectivity index (χ3v) is 8.68. The lowest BCUT2D eigenvalue weighted by Gasteiger charge is -2.30. The largest absolute Gasteiger partial charge is 0.355 e. The van der Waals surface area contributed by atoms with Crippen LogP contribution in [-0.2, 0) is 21.2 Å². The van der Waals surface area contributed by atoms with E-state index in [2.05, 4.69) is 10.5 Å². The zero-order valence-electron chi connectivity index (χ0n) is 20.9. The molecule has 4 rings (SSSR count). The summed E-state index contributed by atoms with van der Waals surface area (Å²) >= 11 is 0. The minimum Gasteiger partial charge on any atom is -0.355 e. The Bertz CT molecular complexity index is 1440. The number of sulfonamides is 1. The van der Waals surface area contributed by atoms with Crippen LogP contribution in [0.1, 0.15) is 47.9 Å². The number of hydrogen-bond acceptors (Lipinski definition) is 5. The van der Waals surface area contributed by atoms with E-state index >= 15 is 0 Å². The highest BCUT2D eigenvalue weighted by atomic mass is 32.2. The number of amides is 1. The van der Waals surface area contributed by atoms with Gasteiger partial charge in [-0.1, -0.05) is 30.3 Å². The smallest absolute Gasteiger partial charge is 0.248 e. The highest BCUT2D eigenvalue weighted by molar-refractivity contribution is 7.89. The fraction of sp³-hybridized carbons (Fsp3) is 0.333. The number of aromatic nitrogens is 1. The average Bonchev–Trinajstić information content (AvgIpc) is 3.25. The highest BCUT2D eigenvalue weighted by Crippen LogP contribution is 2.30. The summed E-state index contributed by atoms with van der Waals surface area (Å²) in [6, 6.07) is 8.98. The van der Waals surface area contributed by atoms with Crippen molar-refractivity contribution in [3.8, 4) is 0 Å². The average molecular weight is 530 g/mol. The van der Waals surface area contributed by atoms with Gasteiger partial charge in [0.15, 0.2) is 10.7 Å². The third-order valence-electron chi connectivity index (χ3n) is 6.62. The van der Waals surface area contributed by atoms with E-state index in [1.807, 2.05) is 32.0 Å². The number of anilines is 1. The Morgan fingerprint density at radius 1 is 1.16 bits per heavy atom. The first-order valence-electron chi connectivity index (χ1n) is 12.1. The second-order valence-electron chi connectivity index (χ2n) is 9.09. The molecule has 1 aliphatic rings. The number of carbonyl (C=O) groups excluding carboxylic acids is 1. The number of nitrogens with zero attached hydrogens (tertiary/aromatic N) is 2. The van der Waals surface area contributed by atoms with Gasteiger partial charge in [-0.05, 0) is 68.5 Å². The molecule has 1 aliphatic heterocycles. The van der Waals surface area contributed by atoms with Crippen molar-refractivity contribution in [2.75, 3.05) is 18.4 Å². The van der Waals surface area contributed by atoms with Gasteiger partial charge in [0, 0.05) is 36.3 Å². The molecule has 1 amide bonds. The normalized spacial score (nSPS) is 15.4. The third kappa shape index (κ3) is 5.65. The van der Waals surface area contributed by atoms with Crippen molar-refractivity contribution in [3.63, 3.8) is 0 Å². The fourth-order valence-corrected chi connectivity index (χ4v) is 6.24. The first-order valence-corrected chi connectivity index (χ1v) is 13.5. The topological polar surface area (TPSA) is 92.5 Å². The zero-order valence-corrected chi connectivity index (χ0v) is 21.7. The van der Waals surface area contributed by atoms with Gasteiger partial charge in [-0.25, -0.2) is 17.2 Å². The van der Waals surface area contributed by atoms with Crippen LogP contribution in [-0.4, -0.2) is 36.9 Å². The van der Waals surface area contributed by atoms with Crippen LogP contribution in [0.5, 0.6) is 0 Å². The number of carbonyl (C=O) groups is 1. The first-order chi connectivity index (χ1) is 17.6. The van der Waals surface area contributed by atoms with Gasteiger partial charge in [-0.3, -0.25) is 4.79 Å². The van der Waals surface area contributed by atoms with Crippen LogP contribution in [0, 0.1) is 31.4 Å². The van der Waals surface area contributed by atoms with Gasteiger partial charge < -0.3 is 9.84 Å². The van der Waals surface area contributed by atoms with Gasteiger partial charge in [0.05, 0.1) is 0 Å². The molecule has 1 N–H and O–H groups in total. The maximum Gasteiger partial charge on any atom is 0.248 e. The molecule has 2 aromatic carbocycles. The number of piperidine rings is 1. The van der Waals surface area contributed by atoms with E-state index in [1.165, 1.54) is 29.4 Å². The predicted octanol–water partition coefficient (Wildman–Crippen LogP) is 5.34. The Morgan fingerprint density at radius 3 is 2.57 bits per heavy atom. The van der Waals surface area contributed by atoms with Crippen LogP contribution < -0.4 is 5.32 Å². The molecule has 1 aromatic heterocycles. The number of nitrogens with one attached hydrogen (secondary N) is 1. The monoisotopic (exact) mass is 529 g/mol. The van der Waals surface area contributed by atoms with Crippen molar-refractivity contribution in [2.24, 2.45) is 5.92 Å². The molecule has 0 saturated carbocycles. The molecule has 0 spiro atoms. The van der Waals surface area contributed by atoms with Crippen molar-refractivity contribution < 1.29 is 26.5 Å². The standard InChI is InChI=1S/C27H29F2N3O4S/c1-4-19-7-5-6-17(2)25(19)30-27(33)21-12-14-32(15-13-21)37(34,35)26-18(3)31-36-24(26)11-9-20-8-10-22(28)16-23(20)29/h5-11,16,21H,4,12-15H2,1-3H3,(H,30,33)/b11-9+. The van der Waals surface area contributed by atoms with Gasteiger partial charge in [0.25, 0.3) is 0 Å². The fourth-order valence-electron chi connectivity index (χ4n) is 4.52. The summed E-state index contributed by atoms with van der Waals surface area (Å²) in [6.45, 7) is 5.81. The van der Waals surface area contributed by atoms with E-state index in [4.69, 9.17) is 4.52 Å². The van der Waals surface area contributed by atoms with Gasteiger partial charge in [0.1, 0.15) is 17.3 Å². The summed E-state index contributed by atoms with van der Waals surface area (Å²) in [5, 5.41) is 6.84. The van der Waals surface area contributed by atoms with Gasteiger partial charge in [-0.15, -0.1) is 0 Å². The molecule has 0 atom stereocenters. The molecule has 3 aromatic rings. The molecular formula is C27H29F2N3O4S. The molecule has 196 valence electrons. The molecule has 1 fully saturated rings. The number of halogens is 2. The maximum absolute atomic E-state index is 14.0. The quantitative estimate of drug-likeness (QED) is 0.446. The Balaban J connectivity index is 1.47. The summed E-state index contributed by atoms with van der Waals surface area (Å²) in [4.78, 5) is 12.9. The molecule has 0 radical (unpaired) electrons. The molecule has 0 aliphatic carbocycles. The SMILES string of the molecule is CCc1cccc(C)c1NC(=O)C1CCN(S(=O)(=O)c2c(C)noc2/C=C/c2ccc(F)cc2F)CC1. The second-order valence-corrected chi connectivity index (χ2v) is 11.0. The summed E-state index contributed by atoms with van der Waals surface area (Å²) in [5.41, 5.74) is 3.10. The van der Waals surface area contributed by atoms with Crippen LogP contribution in [0.2, 0.25) is 0 Å². The lowest BCUT2D eigenvalue weighted by atomic mass is 9.96. The lowest BCUT2D eigenvalue weighted by Crippen LogP contribution is -2.41. The Morgan fingerprint density at radius 2 is 1.89 bits per heavy atom. The van der Waals surface area contributed by atoms with E-state index in [1.54, 1.807) is 0 Å². The van der Waals surface area contributed by atoms with Crippen molar-refractivity contribution in [1.29, 1.82) is 0 Å². The minimum atomic E-state index is -3.99. The van der Waals surface area contributed by atoms with Crippen molar-refractivity contribution >= 4 is 33.8 Å². The van der Waals surface area contributed by atoms with Crippen molar-refractivity contribution in [3.05, 3.63) is 76.2 Å². The number of para-hydroxylation sites is 1. The zero-order chi connectivity index (χ0) is 26.7. The molecule has 0 unspecified atom stereocenters. The van der Waals surface area contributed by atoms with Gasteiger partial charge in [0.2, 0.25) is 15.9 Å². The van der Waals surface area contributed by atoms with E-state index in [0.717, 1.165) is 35.4 Å². The lowest BCUT2D eigenvalue weighted by molar-refractivity contribution is -0.120.